The van der Waals surface area contributed by atoms with Gasteiger partial charge in [-0.05, 0) is 49.4 Å². The van der Waals surface area contributed by atoms with Gasteiger partial charge in [0.2, 0.25) is 5.88 Å². The summed E-state index contributed by atoms with van der Waals surface area (Å²) in [7, 11) is 0. The van der Waals surface area contributed by atoms with Gasteiger partial charge in [-0.25, -0.2) is 4.98 Å². The minimum atomic E-state index is -0.496. The lowest BCUT2D eigenvalue weighted by Gasteiger charge is -2.33. The Morgan fingerprint density at radius 2 is 1.72 bits per heavy atom. The van der Waals surface area contributed by atoms with Crippen molar-refractivity contribution in [3.8, 4) is 28.3 Å². The zero-order chi connectivity index (χ0) is 20.6. The molecule has 0 amide bonds. The van der Waals surface area contributed by atoms with E-state index in [1.165, 1.54) is 5.56 Å². The lowest BCUT2D eigenvalue weighted by Crippen LogP contribution is -2.39. The van der Waals surface area contributed by atoms with Gasteiger partial charge in [0.05, 0.1) is 17.7 Å². The highest BCUT2D eigenvalue weighted by Gasteiger charge is 2.37. The fraction of sp³-hybridized carbons (Fsp3) is 0.308. The van der Waals surface area contributed by atoms with Crippen LogP contribution in [-0.4, -0.2) is 16.4 Å². The van der Waals surface area contributed by atoms with Crippen LogP contribution in [0.1, 0.15) is 55.1 Å². The fourth-order valence-corrected chi connectivity index (χ4v) is 3.86. The number of aromatic nitrogens is 1. The van der Waals surface area contributed by atoms with Crippen LogP contribution in [0.2, 0.25) is 0 Å². The molecule has 0 bridgehead atoms. The maximum absolute atomic E-state index is 12.9. The molecule has 0 spiro atoms. The molecule has 1 aliphatic heterocycles. The van der Waals surface area contributed by atoms with E-state index in [2.05, 4.69) is 50.2 Å². The lowest BCUT2D eigenvalue weighted by atomic mass is 9.88. The van der Waals surface area contributed by atoms with Gasteiger partial charge < -0.3 is 4.74 Å². The summed E-state index contributed by atoms with van der Waals surface area (Å²) in [6.07, 6.45) is 2.14. The summed E-state index contributed by atoms with van der Waals surface area (Å²) in [5, 5.41) is 0. The molecule has 3 heteroatoms. The second kappa shape index (κ2) is 7.47. The van der Waals surface area contributed by atoms with Crippen molar-refractivity contribution in [1.82, 2.24) is 4.98 Å². The first kappa shape index (κ1) is 19.4. The number of hydrogen-bond acceptors (Lipinski definition) is 3. The molecule has 1 aliphatic rings. The molecule has 29 heavy (non-hydrogen) atoms. The summed E-state index contributed by atoms with van der Waals surface area (Å²) in [5.41, 5.74) is 6.48. The van der Waals surface area contributed by atoms with Gasteiger partial charge in [-0.3, -0.25) is 4.79 Å². The zero-order valence-electron chi connectivity index (χ0n) is 17.6. The van der Waals surface area contributed by atoms with E-state index in [4.69, 9.17) is 9.72 Å². The van der Waals surface area contributed by atoms with Crippen molar-refractivity contribution in [2.24, 2.45) is 0 Å². The molecular weight excluding hydrogens is 358 g/mol. The molecule has 0 saturated carbocycles. The van der Waals surface area contributed by atoms with E-state index < -0.39 is 5.60 Å². The lowest BCUT2D eigenvalue weighted by molar-refractivity contribution is 0.0465. The van der Waals surface area contributed by atoms with Gasteiger partial charge in [0, 0.05) is 11.1 Å². The van der Waals surface area contributed by atoms with E-state index in [0.717, 1.165) is 40.8 Å². The Kier molecular flexibility index (Phi) is 4.99. The van der Waals surface area contributed by atoms with Crippen LogP contribution in [0.15, 0.2) is 54.6 Å². The molecule has 0 fully saturated rings. The second-order valence-corrected chi connectivity index (χ2v) is 8.11. The number of carbonyl (C=O) groups is 1. The number of pyridine rings is 1. The van der Waals surface area contributed by atoms with Gasteiger partial charge in [0.25, 0.3) is 0 Å². The van der Waals surface area contributed by atoms with Crippen molar-refractivity contribution >= 4 is 5.78 Å². The number of benzene rings is 2. The van der Waals surface area contributed by atoms with Crippen LogP contribution in [0.5, 0.6) is 5.88 Å². The van der Waals surface area contributed by atoms with Crippen molar-refractivity contribution in [2.75, 3.05) is 0 Å². The van der Waals surface area contributed by atoms with E-state index in [1.54, 1.807) is 0 Å². The van der Waals surface area contributed by atoms with Crippen molar-refractivity contribution in [3.05, 3.63) is 71.3 Å². The van der Waals surface area contributed by atoms with Crippen LogP contribution in [0.3, 0.4) is 0 Å². The molecule has 1 aromatic heterocycles. The number of rotatable bonds is 4. The highest BCUT2D eigenvalue weighted by Crippen LogP contribution is 2.40. The predicted molar refractivity (Wildman–Crippen MR) is 117 cm³/mol. The van der Waals surface area contributed by atoms with Crippen LogP contribution in [0.25, 0.3) is 22.4 Å². The maximum atomic E-state index is 12.9. The Hall–Kier alpha value is -2.94. The molecule has 0 saturated heterocycles. The molecule has 1 unspecified atom stereocenters. The number of nitrogens with zero attached hydrogens (tertiary/aromatic N) is 1. The fourth-order valence-electron chi connectivity index (χ4n) is 3.86. The zero-order valence-corrected chi connectivity index (χ0v) is 17.6. The molecule has 3 aromatic rings. The Morgan fingerprint density at radius 3 is 2.38 bits per heavy atom. The van der Waals surface area contributed by atoms with Crippen LogP contribution in [0.4, 0.5) is 0 Å². The van der Waals surface area contributed by atoms with Gasteiger partial charge in [-0.1, -0.05) is 62.4 Å². The molecule has 0 N–H and O–H groups in total. The maximum Gasteiger partial charge on any atom is 0.225 e. The summed E-state index contributed by atoms with van der Waals surface area (Å²) in [5.74, 6) is 0.559. The topological polar surface area (TPSA) is 39.2 Å². The number of ketones is 1. The molecule has 3 nitrogen and oxygen atoms in total. The number of carbonyl (C=O) groups excluding carboxylic acids is 1. The van der Waals surface area contributed by atoms with Gasteiger partial charge >= 0.3 is 0 Å². The number of aryl methyl sites for hydroxylation is 2. The Balaban J connectivity index is 1.95. The van der Waals surface area contributed by atoms with Gasteiger partial charge in [0.1, 0.15) is 5.60 Å². The van der Waals surface area contributed by atoms with Crippen molar-refractivity contribution in [3.63, 3.8) is 0 Å². The van der Waals surface area contributed by atoms with Gasteiger partial charge in [0.15, 0.2) is 5.78 Å². The standard InChI is InChI=1S/C26H27NO2/c1-5-18-11-13-19(14-12-18)21-15-22-23(28)16-26(4,6-2)29-25(22)27-24(21)20-10-8-7-9-17(20)3/h7-15H,5-6,16H2,1-4H3. The first-order chi connectivity index (χ1) is 13.9. The molecule has 148 valence electrons. The molecule has 4 rings (SSSR count). The molecule has 1 atom stereocenters. The number of Topliss-reactive ketones (excluding diaryl/α,β-unsaturated/α-hetero) is 1. The smallest absolute Gasteiger partial charge is 0.225 e. The van der Waals surface area contributed by atoms with Gasteiger partial charge in [-0.2, -0.15) is 0 Å². The third kappa shape index (κ3) is 3.57. The highest BCUT2D eigenvalue weighted by molar-refractivity contribution is 6.02. The molecule has 0 aliphatic carbocycles. The molecule has 2 heterocycles. The quantitative estimate of drug-likeness (QED) is 0.520. The average molecular weight is 386 g/mol. The minimum Gasteiger partial charge on any atom is -0.470 e. The third-order valence-electron chi connectivity index (χ3n) is 5.99. The van der Waals surface area contributed by atoms with E-state index in [0.29, 0.717) is 17.9 Å². The SMILES string of the molecule is CCc1ccc(-c2cc3c(nc2-c2ccccc2C)OC(C)(CC)CC3=O)cc1. The van der Waals surface area contributed by atoms with E-state index in [9.17, 15) is 4.79 Å². The number of hydrogen-bond donors (Lipinski definition) is 0. The summed E-state index contributed by atoms with van der Waals surface area (Å²) >= 11 is 0. The first-order valence-electron chi connectivity index (χ1n) is 10.4. The van der Waals surface area contributed by atoms with Crippen LogP contribution < -0.4 is 4.74 Å². The highest BCUT2D eigenvalue weighted by atomic mass is 16.5. The predicted octanol–water partition coefficient (Wildman–Crippen LogP) is 6.42. The monoisotopic (exact) mass is 385 g/mol. The van der Waals surface area contributed by atoms with Gasteiger partial charge in [-0.15, -0.1) is 0 Å². The summed E-state index contributed by atoms with van der Waals surface area (Å²) in [6, 6.07) is 18.7. The Labute approximate surface area is 172 Å². The summed E-state index contributed by atoms with van der Waals surface area (Å²) < 4.78 is 6.24. The second-order valence-electron chi connectivity index (χ2n) is 8.11. The minimum absolute atomic E-state index is 0.103. The number of fused-ring (bicyclic) bond motifs is 1. The van der Waals surface area contributed by atoms with Crippen LogP contribution in [-0.2, 0) is 6.42 Å². The van der Waals surface area contributed by atoms with Crippen molar-refractivity contribution in [2.45, 2.75) is 52.6 Å². The summed E-state index contributed by atoms with van der Waals surface area (Å²) in [6.45, 7) is 8.27. The van der Waals surface area contributed by atoms with Crippen LogP contribution >= 0.6 is 0 Å². The molecule has 2 aromatic carbocycles. The molecular formula is C26H27NO2. The van der Waals surface area contributed by atoms with Crippen molar-refractivity contribution < 1.29 is 9.53 Å². The average Bonchev–Trinajstić information content (AvgIpc) is 2.73. The van der Waals surface area contributed by atoms with E-state index in [1.807, 2.05) is 32.0 Å². The van der Waals surface area contributed by atoms with Crippen LogP contribution in [0, 0.1) is 6.92 Å². The normalized spacial score (nSPS) is 18.3. The largest absolute Gasteiger partial charge is 0.470 e. The van der Waals surface area contributed by atoms with E-state index >= 15 is 0 Å². The third-order valence-corrected chi connectivity index (χ3v) is 5.99. The Bertz CT molecular complexity index is 1070. The van der Waals surface area contributed by atoms with Crippen molar-refractivity contribution in [1.29, 1.82) is 0 Å². The number of ether oxygens (including phenoxy) is 1. The summed E-state index contributed by atoms with van der Waals surface area (Å²) in [4.78, 5) is 17.9. The molecule has 0 radical (unpaired) electrons. The van der Waals surface area contributed by atoms with E-state index in [-0.39, 0.29) is 5.78 Å². The first-order valence-corrected chi connectivity index (χ1v) is 10.4. The Morgan fingerprint density at radius 1 is 1.00 bits per heavy atom.